The largest absolute Gasteiger partial charge is 0.310 e. The number of nitrogens with one attached hydrogen (secondary N) is 1. The first kappa shape index (κ1) is 22.2. The summed E-state index contributed by atoms with van der Waals surface area (Å²) < 4.78 is 0. The lowest BCUT2D eigenvalue weighted by Crippen LogP contribution is -2.16. The molecule has 0 spiro atoms. The Morgan fingerprint density at radius 3 is 2.61 bits per heavy atom. The third-order valence-corrected chi connectivity index (χ3v) is 5.12. The van der Waals surface area contributed by atoms with Crippen molar-refractivity contribution in [3.8, 4) is 17.2 Å². The van der Waals surface area contributed by atoms with Gasteiger partial charge >= 0.3 is 0 Å². The van der Waals surface area contributed by atoms with Crippen LogP contribution >= 0.6 is 23.2 Å². The number of nitriles is 1. The Morgan fingerprint density at radius 1 is 1.25 bits per heavy atom. The van der Waals surface area contributed by atoms with Crippen LogP contribution in [-0.4, -0.2) is 16.8 Å². The van der Waals surface area contributed by atoms with Crippen LogP contribution in [0.1, 0.15) is 56.4 Å². The van der Waals surface area contributed by atoms with Crippen LogP contribution in [0.4, 0.5) is 5.82 Å². The minimum absolute atomic E-state index is 0.161. The molecule has 1 N–H and O–H groups in total. The second-order valence-electron chi connectivity index (χ2n) is 6.53. The Kier molecular flexibility index (Phi) is 8.76. The van der Waals surface area contributed by atoms with Gasteiger partial charge in [-0.05, 0) is 37.3 Å². The molecule has 1 aromatic heterocycles. The van der Waals surface area contributed by atoms with Crippen LogP contribution in [0.15, 0.2) is 24.3 Å². The number of hydrogen-bond donors (Lipinski definition) is 1. The summed E-state index contributed by atoms with van der Waals surface area (Å²) in [6.45, 7) is 4.13. The molecule has 2 rings (SSSR count). The first-order chi connectivity index (χ1) is 13.6. The van der Waals surface area contributed by atoms with Gasteiger partial charge in [0.25, 0.3) is 0 Å². The summed E-state index contributed by atoms with van der Waals surface area (Å²) in [6, 6.07) is 9.71. The summed E-state index contributed by atoms with van der Waals surface area (Å²) >= 11 is 12.1. The average molecular weight is 418 g/mol. The van der Waals surface area contributed by atoms with Gasteiger partial charge in [0.15, 0.2) is 5.82 Å². The van der Waals surface area contributed by atoms with E-state index in [1.807, 2.05) is 31.2 Å². The SMILES string of the molecule is CCCc1nc(NC(=O)CCCCCl)c(C#N)c(-c2ccccc2Cl)c1CC. The van der Waals surface area contributed by atoms with E-state index in [0.29, 0.717) is 35.1 Å². The third kappa shape index (κ3) is 5.25. The van der Waals surface area contributed by atoms with E-state index in [0.717, 1.165) is 48.1 Å². The fourth-order valence-corrected chi connectivity index (χ4v) is 3.65. The van der Waals surface area contributed by atoms with E-state index in [1.165, 1.54) is 0 Å². The summed E-state index contributed by atoms with van der Waals surface area (Å²) in [5, 5.41) is 13.3. The third-order valence-electron chi connectivity index (χ3n) is 4.52. The van der Waals surface area contributed by atoms with Crippen LogP contribution in [0.2, 0.25) is 5.02 Å². The monoisotopic (exact) mass is 417 g/mol. The van der Waals surface area contributed by atoms with E-state index in [1.54, 1.807) is 0 Å². The molecule has 0 saturated carbocycles. The number of rotatable bonds is 9. The zero-order valence-corrected chi connectivity index (χ0v) is 17.8. The number of carbonyl (C=O) groups excluding carboxylic acids is 1. The summed E-state index contributed by atoms with van der Waals surface area (Å²) in [5.74, 6) is 0.678. The Morgan fingerprint density at radius 2 is 2.00 bits per heavy atom. The number of nitrogens with zero attached hydrogens (tertiary/aromatic N) is 2. The van der Waals surface area contributed by atoms with Gasteiger partial charge < -0.3 is 5.32 Å². The number of carbonyl (C=O) groups is 1. The molecule has 0 unspecified atom stereocenters. The maximum Gasteiger partial charge on any atom is 0.225 e. The fraction of sp³-hybridized carbons (Fsp3) is 0.409. The molecular formula is C22H25Cl2N3O. The van der Waals surface area contributed by atoms with Gasteiger partial charge in [-0.3, -0.25) is 4.79 Å². The normalized spacial score (nSPS) is 10.5. The Labute approximate surface area is 176 Å². The topological polar surface area (TPSA) is 65.8 Å². The van der Waals surface area contributed by atoms with Crippen LogP contribution in [0.3, 0.4) is 0 Å². The molecule has 148 valence electrons. The van der Waals surface area contributed by atoms with Crippen LogP contribution < -0.4 is 5.32 Å². The maximum atomic E-state index is 12.4. The molecular weight excluding hydrogens is 393 g/mol. The van der Waals surface area contributed by atoms with Gasteiger partial charge in [-0.2, -0.15) is 5.26 Å². The molecule has 0 bridgehead atoms. The van der Waals surface area contributed by atoms with E-state index < -0.39 is 0 Å². The number of hydrogen-bond acceptors (Lipinski definition) is 3. The van der Waals surface area contributed by atoms with Gasteiger partial charge in [0.05, 0.1) is 0 Å². The maximum absolute atomic E-state index is 12.4. The van der Waals surface area contributed by atoms with Crippen LogP contribution in [0, 0.1) is 11.3 Å². The van der Waals surface area contributed by atoms with Gasteiger partial charge in [0.2, 0.25) is 5.91 Å². The van der Waals surface area contributed by atoms with Gasteiger partial charge in [0.1, 0.15) is 11.6 Å². The van der Waals surface area contributed by atoms with Gasteiger partial charge in [0, 0.05) is 34.1 Å². The molecule has 1 heterocycles. The minimum Gasteiger partial charge on any atom is -0.310 e. The van der Waals surface area contributed by atoms with Crippen molar-refractivity contribution in [1.82, 2.24) is 4.98 Å². The Balaban J connectivity index is 2.61. The number of aromatic nitrogens is 1. The summed E-state index contributed by atoms with van der Waals surface area (Å²) in [5.41, 5.74) is 3.82. The summed E-state index contributed by atoms with van der Waals surface area (Å²) in [6.07, 6.45) is 4.22. The van der Waals surface area contributed by atoms with Crippen molar-refractivity contribution in [2.24, 2.45) is 0 Å². The highest BCUT2D eigenvalue weighted by atomic mass is 35.5. The van der Waals surface area contributed by atoms with Crippen molar-refractivity contribution in [1.29, 1.82) is 5.26 Å². The molecule has 1 aromatic carbocycles. The molecule has 0 radical (unpaired) electrons. The highest BCUT2D eigenvalue weighted by Gasteiger charge is 2.22. The van der Waals surface area contributed by atoms with E-state index in [9.17, 15) is 10.1 Å². The van der Waals surface area contributed by atoms with Crippen molar-refractivity contribution >= 4 is 34.9 Å². The van der Waals surface area contributed by atoms with E-state index in [4.69, 9.17) is 23.2 Å². The van der Waals surface area contributed by atoms with Crippen molar-refractivity contribution in [2.75, 3.05) is 11.2 Å². The van der Waals surface area contributed by atoms with E-state index in [2.05, 4.69) is 23.3 Å². The number of anilines is 1. The number of benzene rings is 1. The van der Waals surface area contributed by atoms with Crippen molar-refractivity contribution < 1.29 is 4.79 Å². The highest BCUT2D eigenvalue weighted by Crippen LogP contribution is 2.37. The lowest BCUT2D eigenvalue weighted by atomic mass is 9.91. The molecule has 0 saturated heterocycles. The number of halogens is 2. The predicted molar refractivity (Wildman–Crippen MR) is 116 cm³/mol. The van der Waals surface area contributed by atoms with Crippen LogP contribution in [0.5, 0.6) is 0 Å². The standard InChI is InChI=1S/C22H25Cl2N3O/c1-3-9-19-15(4-2)21(16-10-5-6-11-18(16)24)17(14-25)22(26-19)27-20(28)12-7-8-13-23/h5-6,10-11H,3-4,7-9,12-13H2,1-2H3,(H,26,27,28). The highest BCUT2D eigenvalue weighted by molar-refractivity contribution is 6.33. The average Bonchev–Trinajstić information content (AvgIpc) is 2.68. The van der Waals surface area contributed by atoms with Crippen LogP contribution in [-0.2, 0) is 17.6 Å². The number of unbranched alkanes of at least 4 members (excludes halogenated alkanes) is 1. The predicted octanol–water partition coefficient (Wildman–Crippen LogP) is 6.14. The van der Waals surface area contributed by atoms with Crippen molar-refractivity contribution in [3.05, 3.63) is 46.1 Å². The van der Waals surface area contributed by atoms with Crippen molar-refractivity contribution in [2.45, 2.75) is 52.4 Å². The molecule has 6 heteroatoms. The van der Waals surface area contributed by atoms with Crippen molar-refractivity contribution in [3.63, 3.8) is 0 Å². The van der Waals surface area contributed by atoms with Gasteiger partial charge in [-0.15, -0.1) is 11.6 Å². The lowest BCUT2D eigenvalue weighted by Gasteiger charge is -2.19. The molecule has 0 aliphatic rings. The number of aryl methyl sites for hydroxylation is 1. The first-order valence-electron chi connectivity index (χ1n) is 9.63. The van der Waals surface area contributed by atoms with Crippen LogP contribution in [0.25, 0.3) is 11.1 Å². The molecule has 28 heavy (non-hydrogen) atoms. The Bertz CT molecular complexity index is 875. The molecule has 0 aliphatic carbocycles. The smallest absolute Gasteiger partial charge is 0.225 e. The number of alkyl halides is 1. The molecule has 0 atom stereocenters. The van der Waals surface area contributed by atoms with E-state index >= 15 is 0 Å². The molecule has 0 aliphatic heterocycles. The zero-order chi connectivity index (χ0) is 20.5. The zero-order valence-electron chi connectivity index (χ0n) is 16.3. The molecule has 1 amide bonds. The van der Waals surface area contributed by atoms with E-state index in [-0.39, 0.29) is 5.91 Å². The molecule has 2 aromatic rings. The lowest BCUT2D eigenvalue weighted by molar-refractivity contribution is -0.116. The van der Waals surface area contributed by atoms with Gasteiger partial charge in [-0.1, -0.05) is 50.1 Å². The van der Waals surface area contributed by atoms with Gasteiger partial charge in [-0.25, -0.2) is 4.98 Å². The minimum atomic E-state index is -0.161. The molecule has 4 nitrogen and oxygen atoms in total. The number of pyridine rings is 1. The molecule has 0 fully saturated rings. The summed E-state index contributed by atoms with van der Waals surface area (Å²) in [4.78, 5) is 17.0. The summed E-state index contributed by atoms with van der Waals surface area (Å²) in [7, 11) is 0. The first-order valence-corrected chi connectivity index (χ1v) is 10.5. The quantitative estimate of drug-likeness (QED) is 0.393. The number of amides is 1. The Hall–Kier alpha value is -2.09. The second-order valence-corrected chi connectivity index (χ2v) is 7.31. The second kappa shape index (κ2) is 11.0. The fourth-order valence-electron chi connectivity index (χ4n) is 3.23.